The van der Waals surface area contributed by atoms with Crippen LogP contribution in [0, 0.1) is 21.4 Å². The number of nitriles is 1. The van der Waals surface area contributed by atoms with Gasteiger partial charge in [-0.2, -0.15) is 5.26 Å². The zero-order valence-corrected chi connectivity index (χ0v) is 17.4. The summed E-state index contributed by atoms with van der Waals surface area (Å²) in [5.41, 5.74) is 1.22. The molecule has 1 amide bonds. The maximum Gasteiger partial charge on any atom is 0.296 e. The second-order valence-electron chi connectivity index (χ2n) is 7.53. The number of hydrogen-bond donors (Lipinski definition) is 1. The molecule has 9 nitrogen and oxygen atoms in total. The number of rotatable bonds is 5. The average molecular weight is 434 g/mol. The molecular formula is C23H22N4O5. The highest BCUT2D eigenvalue weighted by atomic mass is 16.6. The summed E-state index contributed by atoms with van der Waals surface area (Å²) >= 11 is 0. The quantitative estimate of drug-likeness (QED) is 0.328. The SMILES string of the molecule is N#CC(=Cc1ccc(N2CCCCC2)cc1)C(=O)Nc1cc2c(cc1[N+](=O)[O-])OCCO2. The predicted octanol–water partition coefficient (Wildman–Crippen LogP) is 3.90. The summed E-state index contributed by atoms with van der Waals surface area (Å²) < 4.78 is 10.8. The second-order valence-corrected chi connectivity index (χ2v) is 7.53. The van der Waals surface area contributed by atoms with Gasteiger partial charge in [0.05, 0.1) is 11.0 Å². The van der Waals surface area contributed by atoms with Crippen LogP contribution in [0.2, 0.25) is 0 Å². The fourth-order valence-corrected chi connectivity index (χ4v) is 3.77. The standard InChI is InChI=1S/C23H22N4O5/c24-15-17(12-16-4-6-18(7-5-16)26-8-2-1-3-9-26)23(28)25-19-13-21-22(32-11-10-31-21)14-20(19)27(29)30/h4-7,12-14H,1-3,8-11H2,(H,25,28). The molecule has 0 bridgehead atoms. The van der Waals surface area contributed by atoms with Crippen LogP contribution in [0.15, 0.2) is 42.0 Å². The topological polar surface area (TPSA) is 118 Å². The second kappa shape index (κ2) is 9.39. The van der Waals surface area contributed by atoms with Gasteiger partial charge >= 0.3 is 0 Å². The Balaban J connectivity index is 1.53. The van der Waals surface area contributed by atoms with E-state index in [1.165, 1.54) is 37.5 Å². The lowest BCUT2D eigenvalue weighted by Crippen LogP contribution is -2.29. The van der Waals surface area contributed by atoms with Crippen molar-refractivity contribution >= 4 is 29.0 Å². The minimum absolute atomic E-state index is 0.0640. The Bertz CT molecular complexity index is 1100. The molecular weight excluding hydrogens is 412 g/mol. The van der Waals surface area contributed by atoms with Gasteiger partial charge in [0.2, 0.25) is 0 Å². The largest absolute Gasteiger partial charge is 0.486 e. The van der Waals surface area contributed by atoms with Crippen molar-refractivity contribution in [1.82, 2.24) is 0 Å². The summed E-state index contributed by atoms with van der Waals surface area (Å²) in [5, 5.41) is 23.4. The van der Waals surface area contributed by atoms with Crippen LogP contribution in [0.1, 0.15) is 24.8 Å². The van der Waals surface area contributed by atoms with Crippen LogP contribution < -0.4 is 19.7 Å². The van der Waals surface area contributed by atoms with Crippen molar-refractivity contribution in [2.45, 2.75) is 19.3 Å². The molecule has 0 aromatic heterocycles. The molecule has 4 rings (SSSR count). The first-order valence-corrected chi connectivity index (χ1v) is 10.4. The molecule has 2 aromatic rings. The van der Waals surface area contributed by atoms with E-state index < -0.39 is 10.8 Å². The van der Waals surface area contributed by atoms with Crippen LogP contribution in [-0.2, 0) is 4.79 Å². The molecule has 1 N–H and O–H groups in total. The fourth-order valence-electron chi connectivity index (χ4n) is 3.77. The van der Waals surface area contributed by atoms with Crippen LogP contribution in [0.25, 0.3) is 6.08 Å². The Hall–Kier alpha value is -4.06. The van der Waals surface area contributed by atoms with Gasteiger partial charge in [0.1, 0.15) is 30.5 Å². The third kappa shape index (κ3) is 4.64. The average Bonchev–Trinajstić information content (AvgIpc) is 2.82. The molecule has 0 radical (unpaired) electrons. The third-order valence-corrected chi connectivity index (χ3v) is 5.40. The fraction of sp³-hybridized carbons (Fsp3) is 0.304. The maximum absolute atomic E-state index is 12.7. The van der Waals surface area contributed by atoms with Gasteiger partial charge in [-0.15, -0.1) is 0 Å². The summed E-state index contributed by atoms with van der Waals surface area (Å²) in [4.78, 5) is 25.8. The van der Waals surface area contributed by atoms with Gasteiger partial charge < -0.3 is 19.7 Å². The predicted molar refractivity (Wildman–Crippen MR) is 119 cm³/mol. The molecule has 2 aromatic carbocycles. The van der Waals surface area contributed by atoms with Crippen molar-refractivity contribution in [3.8, 4) is 17.6 Å². The number of amides is 1. The summed E-state index contributed by atoms with van der Waals surface area (Å²) in [6.45, 7) is 2.63. The molecule has 164 valence electrons. The molecule has 0 atom stereocenters. The molecule has 9 heteroatoms. The van der Waals surface area contributed by atoms with Gasteiger partial charge in [-0.1, -0.05) is 12.1 Å². The molecule has 32 heavy (non-hydrogen) atoms. The van der Waals surface area contributed by atoms with Crippen LogP contribution >= 0.6 is 0 Å². The smallest absolute Gasteiger partial charge is 0.296 e. The third-order valence-electron chi connectivity index (χ3n) is 5.40. The first kappa shape index (κ1) is 21.2. The number of nitro groups is 1. The van der Waals surface area contributed by atoms with E-state index >= 15 is 0 Å². The normalized spacial score (nSPS) is 15.6. The first-order chi connectivity index (χ1) is 15.5. The zero-order valence-electron chi connectivity index (χ0n) is 17.4. The molecule has 0 unspecified atom stereocenters. The number of carbonyl (C=O) groups is 1. The zero-order chi connectivity index (χ0) is 22.5. The van der Waals surface area contributed by atoms with Gasteiger partial charge in [-0.25, -0.2) is 0 Å². The van der Waals surface area contributed by atoms with Crippen LogP contribution in [0.3, 0.4) is 0 Å². The molecule has 2 heterocycles. The first-order valence-electron chi connectivity index (χ1n) is 10.4. The van der Waals surface area contributed by atoms with Crippen molar-refractivity contribution in [2.75, 3.05) is 36.5 Å². The summed E-state index contributed by atoms with van der Waals surface area (Å²) in [6, 6.07) is 12.1. The Labute approximate surface area is 185 Å². The van der Waals surface area contributed by atoms with Crippen molar-refractivity contribution in [1.29, 1.82) is 5.26 Å². The van der Waals surface area contributed by atoms with E-state index in [9.17, 15) is 20.2 Å². The highest BCUT2D eigenvalue weighted by Crippen LogP contribution is 2.39. The van der Waals surface area contributed by atoms with Crippen molar-refractivity contribution in [2.24, 2.45) is 0 Å². The number of benzene rings is 2. The molecule has 2 aliphatic rings. The summed E-state index contributed by atoms with van der Waals surface area (Å²) in [5.74, 6) is -0.203. The number of nitro benzene ring substituents is 1. The maximum atomic E-state index is 12.7. The number of piperidine rings is 1. The van der Waals surface area contributed by atoms with E-state index in [1.54, 1.807) is 0 Å². The Morgan fingerprint density at radius 2 is 1.75 bits per heavy atom. The van der Waals surface area contributed by atoms with Gasteiger partial charge in [0.25, 0.3) is 11.6 Å². The Morgan fingerprint density at radius 1 is 1.09 bits per heavy atom. The van der Waals surface area contributed by atoms with Crippen molar-refractivity contribution in [3.63, 3.8) is 0 Å². The number of fused-ring (bicyclic) bond motifs is 1. The van der Waals surface area contributed by atoms with Gasteiger partial charge in [0.15, 0.2) is 11.5 Å². The highest BCUT2D eigenvalue weighted by molar-refractivity contribution is 6.10. The van der Waals surface area contributed by atoms with E-state index in [4.69, 9.17) is 9.47 Å². The minimum atomic E-state index is -0.743. The van der Waals surface area contributed by atoms with Crippen LogP contribution in [0.4, 0.5) is 17.1 Å². The van der Waals surface area contributed by atoms with Crippen LogP contribution in [0.5, 0.6) is 11.5 Å². The lowest BCUT2D eigenvalue weighted by molar-refractivity contribution is -0.384. The lowest BCUT2D eigenvalue weighted by Gasteiger charge is -2.28. The molecule has 0 aliphatic carbocycles. The number of hydrogen-bond acceptors (Lipinski definition) is 7. The van der Waals surface area contributed by atoms with E-state index in [2.05, 4.69) is 10.2 Å². The lowest BCUT2D eigenvalue weighted by atomic mass is 10.1. The summed E-state index contributed by atoms with van der Waals surface area (Å²) in [7, 11) is 0. The monoisotopic (exact) mass is 434 g/mol. The number of anilines is 2. The number of nitrogens with one attached hydrogen (secondary N) is 1. The Kier molecular flexibility index (Phi) is 6.22. The van der Waals surface area contributed by atoms with Gasteiger partial charge in [0, 0.05) is 24.8 Å². The summed E-state index contributed by atoms with van der Waals surface area (Å²) in [6.07, 6.45) is 5.05. The Morgan fingerprint density at radius 3 is 2.38 bits per heavy atom. The minimum Gasteiger partial charge on any atom is -0.486 e. The van der Waals surface area contributed by atoms with E-state index in [0.717, 1.165) is 18.8 Å². The molecule has 1 fully saturated rings. The molecule has 1 saturated heterocycles. The highest BCUT2D eigenvalue weighted by Gasteiger charge is 2.24. The number of nitrogens with zero attached hydrogens (tertiary/aromatic N) is 3. The molecule has 2 aliphatic heterocycles. The number of ether oxygens (including phenoxy) is 2. The van der Waals surface area contributed by atoms with E-state index in [0.29, 0.717) is 17.9 Å². The van der Waals surface area contributed by atoms with Gasteiger partial charge in [-0.05, 0) is 43.0 Å². The van der Waals surface area contributed by atoms with Crippen molar-refractivity contribution in [3.05, 3.63) is 57.6 Å². The number of carbonyl (C=O) groups excluding carboxylic acids is 1. The molecule has 0 saturated carbocycles. The van der Waals surface area contributed by atoms with E-state index in [-0.39, 0.29) is 29.3 Å². The van der Waals surface area contributed by atoms with Crippen LogP contribution in [-0.4, -0.2) is 37.1 Å². The molecule has 0 spiro atoms. The van der Waals surface area contributed by atoms with E-state index in [1.807, 2.05) is 30.3 Å². The van der Waals surface area contributed by atoms with Crippen molar-refractivity contribution < 1.29 is 19.2 Å². The van der Waals surface area contributed by atoms with Gasteiger partial charge in [-0.3, -0.25) is 14.9 Å².